The lowest BCUT2D eigenvalue weighted by atomic mass is 9.90. The Bertz CT molecular complexity index is 1270. The SMILES string of the molecule is COc1cc(OCCN)cc(N(c2ccc3ncc(-c4cnn(C)c4)nc3c2)C2CCC2)c1. The number of ether oxygens (including phenoxy) is 2. The number of methoxy groups -OCH3 is 1. The molecule has 0 saturated heterocycles. The van der Waals surface area contributed by atoms with Crippen LogP contribution in [0.4, 0.5) is 11.4 Å². The van der Waals surface area contributed by atoms with E-state index in [9.17, 15) is 0 Å². The van der Waals surface area contributed by atoms with Crippen molar-refractivity contribution in [1.82, 2.24) is 19.7 Å². The van der Waals surface area contributed by atoms with Crippen LogP contribution in [-0.2, 0) is 7.05 Å². The maximum absolute atomic E-state index is 5.83. The van der Waals surface area contributed by atoms with Gasteiger partial charge < -0.3 is 20.1 Å². The van der Waals surface area contributed by atoms with Crippen molar-refractivity contribution in [3.8, 4) is 22.8 Å². The van der Waals surface area contributed by atoms with E-state index >= 15 is 0 Å². The normalized spacial score (nSPS) is 13.7. The van der Waals surface area contributed by atoms with E-state index in [0.29, 0.717) is 19.2 Å². The van der Waals surface area contributed by atoms with Gasteiger partial charge in [0.1, 0.15) is 18.1 Å². The molecule has 0 unspecified atom stereocenters. The Labute approximate surface area is 193 Å². The van der Waals surface area contributed by atoms with E-state index in [1.54, 1.807) is 24.2 Å². The minimum absolute atomic E-state index is 0.409. The first-order chi connectivity index (χ1) is 16.1. The highest BCUT2D eigenvalue weighted by molar-refractivity contribution is 5.83. The summed E-state index contributed by atoms with van der Waals surface area (Å²) in [6.45, 7) is 0.917. The van der Waals surface area contributed by atoms with Crippen molar-refractivity contribution in [2.45, 2.75) is 25.3 Å². The quantitative estimate of drug-likeness (QED) is 0.438. The van der Waals surface area contributed by atoms with Gasteiger partial charge in [0.25, 0.3) is 0 Å². The van der Waals surface area contributed by atoms with Gasteiger partial charge in [-0.05, 0) is 37.5 Å². The van der Waals surface area contributed by atoms with Crippen LogP contribution >= 0.6 is 0 Å². The lowest BCUT2D eigenvalue weighted by Crippen LogP contribution is -2.36. The Morgan fingerprint density at radius 3 is 2.61 bits per heavy atom. The molecule has 2 N–H and O–H groups in total. The number of nitrogens with two attached hydrogens (primary N) is 1. The molecular weight excluding hydrogens is 416 g/mol. The van der Waals surface area contributed by atoms with Crippen LogP contribution in [0.3, 0.4) is 0 Å². The minimum Gasteiger partial charge on any atom is -0.497 e. The molecule has 1 saturated carbocycles. The van der Waals surface area contributed by atoms with Crippen molar-refractivity contribution in [2.24, 2.45) is 12.8 Å². The lowest BCUT2D eigenvalue weighted by Gasteiger charge is -2.39. The molecule has 4 aromatic rings. The summed E-state index contributed by atoms with van der Waals surface area (Å²) in [7, 11) is 3.57. The molecule has 0 amide bonds. The first kappa shape index (κ1) is 21.2. The Balaban J connectivity index is 1.57. The second-order valence-corrected chi connectivity index (χ2v) is 8.29. The van der Waals surface area contributed by atoms with Gasteiger partial charge in [-0.15, -0.1) is 0 Å². The molecule has 0 spiro atoms. The largest absolute Gasteiger partial charge is 0.497 e. The molecular formula is C25H28N6O2. The zero-order valence-electron chi connectivity index (χ0n) is 18.9. The lowest BCUT2D eigenvalue weighted by molar-refractivity contribution is 0.324. The Kier molecular flexibility index (Phi) is 5.83. The smallest absolute Gasteiger partial charge is 0.125 e. The van der Waals surface area contributed by atoms with E-state index < -0.39 is 0 Å². The highest BCUT2D eigenvalue weighted by Crippen LogP contribution is 2.40. The van der Waals surface area contributed by atoms with Gasteiger partial charge in [0, 0.05) is 61.0 Å². The zero-order chi connectivity index (χ0) is 22.8. The fourth-order valence-corrected chi connectivity index (χ4v) is 4.13. The van der Waals surface area contributed by atoms with Crippen LogP contribution in [0.15, 0.2) is 55.0 Å². The number of aromatic nitrogens is 4. The highest BCUT2D eigenvalue weighted by Gasteiger charge is 2.27. The molecule has 33 heavy (non-hydrogen) atoms. The van der Waals surface area contributed by atoms with Gasteiger partial charge in [-0.25, -0.2) is 4.98 Å². The standard InChI is InChI=1S/C25H28N6O2/c1-30-16-17(14-28-30)25-15-27-23-7-6-19(12-24(23)29-25)31(18-4-3-5-18)20-10-21(32-2)13-22(11-20)33-9-8-26/h6-7,10-16,18H,3-5,8-9,26H2,1-2H3. The van der Waals surface area contributed by atoms with Crippen LogP contribution in [-0.4, -0.2) is 46.1 Å². The van der Waals surface area contributed by atoms with Gasteiger partial charge >= 0.3 is 0 Å². The molecule has 2 aromatic carbocycles. The predicted octanol–water partition coefficient (Wildman–Crippen LogP) is 4.07. The maximum Gasteiger partial charge on any atom is 0.125 e. The Morgan fingerprint density at radius 1 is 1.06 bits per heavy atom. The molecule has 8 nitrogen and oxygen atoms in total. The van der Waals surface area contributed by atoms with Crippen molar-refractivity contribution in [1.29, 1.82) is 0 Å². The molecule has 0 radical (unpaired) electrons. The van der Waals surface area contributed by atoms with Gasteiger partial charge in [-0.3, -0.25) is 9.67 Å². The maximum atomic E-state index is 5.83. The number of aryl methyl sites for hydroxylation is 1. The molecule has 5 rings (SSSR count). The Morgan fingerprint density at radius 2 is 1.91 bits per heavy atom. The molecule has 1 aliphatic carbocycles. The van der Waals surface area contributed by atoms with Crippen molar-refractivity contribution >= 4 is 22.4 Å². The second-order valence-electron chi connectivity index (χ2n) is 8.29. The second kappa shape index (κ2) is 9.07. The fraction of sp³-hybridized carbons (Fsp3) is 0.320. The first-order valence-corrected chi connectivity index (χ1v) is 11.2. The number of benzene rings is 2. The summed E-state index contributed by atoms with van der Waals surface area (Å²) in [4.78, 5) is 11.9. The fourth-order valence-electron chi connectivity index (χ4n) is 4.13. The van der Waals surface area contributed by atoms with Gasteiger partial charge in [-0.1, -0.05) is 0 Å². The van der Waals surface area contributed by atoms with E-state index in [1.807, 2.05) is 25.4 Å². The van der Waals surface area contributed by atoms with Crippen molar-refractivity contribution < 1.29 is 9.47 Å². The van der Waals surface area contributed by atoms with Crippen LogP contribution in [0.25, 0.3) is 22.3 Å². The summed E-state index contributed by atoms with van der Waals surface area (Å²) in [5.74, 6) is 1.50. The predicted molar refractivity (Wildman–Crippen MR) is 129 cm³/mol. The van der Waals surface area contributed by atoms with E-state index in [1.165, 1.54) is 6.42 Å². The van der Waals surface area contributed by atoms with E-state index in [4.69, 9.17) is 20.2 Å². The van der Waals surface area contributed by atoms with Crippen LogP contribution in [0.1, 0.15) is 19.3 Å². The molecule has 2 aromatic heterocycles. The molecule has 0 atom stereocenters. The van der Waals surface area contributed by atoms with Gasteiger partial charge in [0.15, 0.2) is 0 Å². The molecule has 170 valence electrons. The summed E-state index contributed by atoms with van der Waals surface area (Å²) in [6, 6.07) is 12.7. The molecule has 0 bridgehead atoms. The number of nitrogens with zero attached hydrogens (tertiary/aromatic N) is 5. The van der Waals surface area contributed by atoms with Gasteiger partial charge in [0.2, 0.25) is 0 Å². The van der Waals surface area contributed by atoms with Crippen LogP contribution < -0.4 is 20.1 Å². The molecule has 2 heterocycles. The topological polar surface area (TPSA) is 91.3 Å². The Hall–Kier alpha value is -3.65. The minimum atomic E-state index is 0.409. The average Bonchev–Trinajstić information content (AvgIpc) is 3.25. The van der Waals surface area contributed by atoms with Gasteiger partial charge in [0.05, 0.1) is 36.2 Å². The summed E-state index contributed by atoms with van der Waals surface area (Å²) >= 11 is 0. The van der Waals surface area contributed by atoms with E-state index in [2.05, 4.69) is 39.2 Å². The summed E-state index contributed by atoms with van der Waals surface area (Å²) in [5, 5.41) is 4.26. The van der Waals surface area contributed by atoms with Crippen molar-refractivity contribution in [3.05, 3.63) is 55.0 Å². The number of fused-ring (bicyclic) bond motifs is 1. The molecule has 0 aliphatic heterocycles. The van der Waals surface area contributed by atoms with E-state index in [0.717, 1.165) is 58.0 Å². The monoisotopic (exact) mass is 444 g/mol. The third-order valence-electron chi connectivity index (χ3n) is 6.01. The van der Waals surface area contributed by atoms with Gasteiger partial charge in [-0.2, -0.15) is 5.10 Å². The average molecular weight is 445 g/mol. The number of hydrogen-bond donors (Lipinski definition) is 1. The van der Waals surface area contributed by atoms with Crippen LogP contribution in [0.2, 0.25) is 0 Å². The molecule has 1 aliphatic rings. The summed E-state index contributed by atoms with van der Waals surface area (Å²) in [5.41, 5.74) is 11.2. The van der Waals surface area contributed by atoms with Crippen LogP contribution in [0.5, 0.6) is 11.5 Å². The number of anilines is 2. The third kappa shape index (κ3) is 4.34. The summed E-state index contributed by atoms with van der Waals surface area (Å²) < 4.78 is 13.2. The first-order valence-electron chi connectivity index (χ1n) is 11.2. The van der Waals surface area contributed by atoms with Crippen molar-refractivity contribution in [2.75, 3.05) is 25.2 Å². The summed E-state index contributed by atoms with van der Waals surface area (Å²) in [6.07, 6.45) is 9.04. The van der Waals surface area contributed by atoms with Crippen LogP contribution in [0, 0.1) is 0 Å². The van der Waals surface area contributed by atoms with Crippen molar-refractivity contribution in [3.63, 3.8) is 0 Å². The molecule has 8 heteroatoms. The highest BCUT2D eigenvalue weighted by atomic mass is 16.5. The van der Waals surface area contributed by atoms with E-state index in [-0.39, 0.29) is 0 Å². The number of hydrogen-bond acceptors (Lipinski definition) is 7. The number of rotatable bonds is 8. The third-order valence-corrected chi connectivity index (χ3v) is 6.01. The molecule has 1 fully saturated rings. The zero-order valence-corrected chi connectivity index (χ0v) is 18.9.